The Morgan fingerprint density at radius 3 is 2.70 bits per heavy atom. The minimum Gasteiger partial charge on any atom is -0.335 e. The molecule has 2 fully saturated rings. The molecule has 7 nitrogen and oxygen atoms in total. The second-order valence-corrected chi connectivity index (χ2v) is 8.61. The molecule has 0 spiro atoms. The molecule has 156 valence electrons. The number of alkyl halides is 1. The third kappa shape index (κ3) is 3.17. The topological polar surface area (TPSA) is 72.5 Å². The van der Waals surface area contributed by atoms with Gasteiger partial charge in [-0.3, -0.25) is 14.0 Å². The Hall–Kier alpha value is -2.81. The van der Waals surface area contributed by atoms with Crippen LogP contribution in [0.5, 0.6) is 0 Å². The van der Waals surface area contributed by atoms with Crippen LogP contribution in [0.25, 0.3) is 16.8 Å². The maximum Gasteiger partial charge on any atom is 0.277 e. The molecule has 4 heterocycles. The third-order valence-corrected chi connectivity index (χ3v) is 5.77. The van der Waals surface area contributed by atoms with E-state index in [1.165, 1.54) is 34.9 Å². The van der Waals surface area contributed by atoms with Crippen LogP contribution in [0, 0.1) is 5.95 Å². The number of pyridine rings is 1. The summed E-state index contributed by atoms with van der Waals surface area (Å²) < 4.78 is 30.2. The summed E-state index contributed by atoms with van der Waals surface area (Å²) >= 11 is 5.88. The molecular weight excluding hydrogens is 416 g/mol. The van der Waals surface area contributed by atoms with Crippen molar-refractivity contribution in [2.75, 3.05) is 13.1 Å². The lowest BCUT2D eigenvalue weighted by atomic mass is 9.99. The highest BCUT2D eigenvalue weighted by Crippen LogP contribution is 2.41. The molecule has 3 aromatic heterocycles. The van der Waals surface area contributed by atoms with Gasteiger partial charge < -0.3 is 9.47 Å². The number of likely N-dealkylation sites (tertiary alicyclic amines) is 1. The maximum absolute atomic E-state index is 13.7. The molecule has 1 aliphatic heterocycles. The van der Waals surface area contributed by atoms with Crippen molar-refractivity contribution in [2.24, 2.45) is 0 Å². The normalized spacial score (nSPS) is 17.9. The second-order valence-electron chi connectivity index (χ2n) is 8.20. The van der Waals surface area contributed by atoms with Gasteiger partial charge in [0.2, 0.25) is 11.9 Å². The van der Waals surface area contributed by atoms with E-state index in [-0.39, 0.29) is 42.0 Å². The van der Waals surface area contributed by atoms with Crippen molar-refractivity contribution in [3.8, 4) is 11.3 Å². The lowest BCUT2D eigenvalue weighted by molar-refractivity contribution is -0.144. The van der Waals surface area contributed by atoms with Crippen molar-refractivity contribution in [2.45, 2.75) is 37.9 Å². The standard InChI is InChI=1S/C20H18ClF2N5O2/c1-20(23)9-27(10-20)14(29)8-26-4-5-28-16(19(26)30)15(25-18(28)11-2-3-11)12-6-13(21)17(22)24-7-12/h4-7,11H,2-3,8-10H2,1H3. The molecule has 1 aliphatic carbocycles. The summed E-state index contributed by atoms with van der Waals surface area (Å²) in [5.74, 6) is -0.141. The molecule has 0 atom stereocenters. The number of hydrogen-bond acceptors (Lipinski definition) is 4. The van der Waals surface area contributed by atoms with Crippen molar-refractivity contribution in [3.05, 3.63) is 51.8 Å². The smallest absolute Gasteiger partial charge is 0.277 e. The minimum atomic E-state index is -1.38. The predicted molar refractivity (Wildman–Crippen MR) is 106 cm³/mol. The average Bonchev–Trinajstić information content (AvgIpc) is 3.44. The van der Waals surface area contributed by atoms with E-state index in [9.17, 15) is 18.4 Å². The van der Waals surface area contributed by atoms with Crippen molar-refractivity contribution in [1.29, 1.82) is 0 Å². The molecule has 0 bridgehead atoms. The van der Waals surface area contributed by atoms with Gasteiger partial charge in [0.25, 0.3) is 5.56 Å². The number of halogens is 3. The fraction of sp³-hybridized carbons (Fsp3) is 0.400. The molecule has 3 aromatic rings. The van der Waals surface area contributed by atoms with Gasteiger partial charge in [-0.1, -0.05) is 11.6 Å². The molecule has 0 radical (unpaired) electrons. The van der Waals surface area contributed by atoms with Gasteiger partial charge >= 0.3 is 0 Å². The van der Waals surface area contributed by atoms with E-state index < -0.39 is 17.2 Å². The SMILES string of the molecule is CC1(F)CN(C(=O)Cn2ccn3c(C4CC4)nc(-c4cnc(F)c(Cl)c4)c3c2=O)C1. The van der Waals surface area contributed by atoms with Crippen molar-refractivity contribution in [3.63, 3.8) is 0 Å². The maximum atomic E-state index is 13.7. The third-order valence-electron chi connectivity index (χ3n) is 5.51. The average molecular weight is 434 g/mol. The number of rotatable bonds is 4. The highest BCUT2D eigenvalue weighted by atomic mass is 35.5. The van der Waals surface area contributed by atoms with Crippen LogP contribution in [0.3, 0.4) is 0 Å². The van der Waals surface area contributed by atoms with Crippen LogP contribution in [0.4, 0.5) is 8.78 Å². The Labute approximate surface area is 174 Å². The largest absolute Gasteiger partial charge is 0.335 e. The Morgan fingerprint density at radius 1 is 1.33 bits per heavy atom. The first-order valence-corrected chi connectivity index (χ1v) is 10.0. The fourth-order valence-electron chi connectivity index (χ4n) is 3.83. The molecule has 5 rings (SSSR count). The summed E-state index contributed by atoms with van der Waals surface area (Å²) in [6, 6.07) is 1.38. The number of fused-ring (bicyclic) bond motifs is 1. The number of carbonyl (C=O) groups excluding carboxylic acids is 1. The van der Waals surface area contributed by atoms with Gasteiger partial charge in [-0.25, -0.2) is 14.4 Å². The van der Waals surface area contributed by atoms with Gasteiger partial charge in [0, 0.05) is 30.1 Å². The molecule has 0 N–H and O–H groups in total. The Kier molecular flexibility index (Phi) is 4.22. The zero-order valence-electron chi connectivity index (χ0n) is 16.1. The van der Waals surface area contributed by atoms with Crippen molar-refractivity contribution >= 4 is 23.0 Å². The van der Waals surface area contributed by atoms with E-state index in [2.05, 4.69) is 9.97 Å². The molecule has 0 unspecified atom stereocenters. The van der Waals surface area contributed by atoms with E-state index in [0.29, 0.717) is 11.3 Å². The first-order chi connectivity index (χ1) is 14.2. The summed E-state index contributed by atoms with van der Waals surface area (Å²) in [5, 5.41) is -0.167. The number of imidazole rings is 1. The molecule has 1 saturated heterocycles. The first kappa shape index (κ1) is 19.2. The van der Waals surface area contributed by atoms with Crippen LogP contribution < -0.4 is 5.56 Å². The fourth-order valence-corrected chi connectivity index (χ4v) is 4.00. The van der Waals surface area contributed by atoms with E-state index >= 15 is 0 Å². The predicted octanol–water partition coefficient (Wildman–Crippen LogP) is 2.80. The van der Waals surface area contributed by atoms with Crippen molar-refractivity contribution < 1.29 is 13.6 Å². The molecular formula is C20H18ClF2N5O2. The zero-order valence-corrected chi connectivity index (χ0v) is 16.9. The van der Waals surface area contributed by atoms with Crippen molar-refractivity contribution in [1.82, 2.24) is 23.8 Å². The van der Waals surface area contributed by atoms with Gasteiger partial charge in [-0.05, 0) is 25.8 Å². The van der Waals surface area contributed by atoms with E-state index in [0.717, 1.165) is 18.7 Å². The molecule has 1 saturated carbocycles. The van der Waals surface area contributed by atoms with Crippen LogP contribution in [-0.2, 0) is 11.3 Å². The molecule has 1 amide bonds. The lowest BCUT2D eigenvalue weighted by Crippen LogP contribution is -2.60. The van der Waals surface area contributed by atoms with Crippen LogP contribution in [0.1, 0.15) is 31.5 Å². The molecule has 0 aromatic carbocycles. The summed E-state index contributed by atoms with van der Waals surface area (Å²) in [4.78, 5) is 35.3. The van der Waals surface area contributed by atoms with Crippen LogP contribution >= 0.6 is 11.6 Å². The monoisotopic (exact) mass is 433 g/mol. The number of aromatic nitrogens is 4. The van der Waals surface area contributed by atoms with Gasteiger partial charge in [0.15, 0.2) is 0 Å². The van der Waals surface area contributed by atoms with E-state index in [4.69, 9.17) is 11.6 Å². The highest BCUT2D eigenvalue weighted by molar-refractivity contribution is 6.30. The van der Waals surface area contributed by atoms with Crippen LogP contribution in [-0.4, -0.2) is 48.5 Å². The summed E-state index contributed by atoms with van der Waals surface area (Å²) in [7, 11) is 0. The molecule has 30 heavy (non-hydrogen) atoms. The van der Waals surface area contributed by atoms with E-state index in [1.54, 1.807) is 10.6 Å². The number of hydrogen-bond donors (Lipinski definition) is 0. The summed E-state index contributed by atoms with van der Waals surface area (Å²) in [5.41, 5.74) is -0.752. The number of nitrogens with zero attached hydrogens (tertiary/aromatic N) is 5. The number of amides is 1. The van der Waals surface area contributed by atoms with Crippen LogP contribution in [0.15, 0.2) is 29.5 Å². The van der Waals surface area contributed by atoms with Gasteiger partial charge in [0.1, 0.15) is 29.2 Å². The molecule has 2 aliphatic rings. The van der Waals surface area contributed by atoms with Crippen LogP contribution in [0.2, 0.25) is 5.02 Å². The quantitative estimate of drug-likeness (QED) is 0.593. The summed E-state index contributed by atoms with van der Waals surface area (Å²) in [6.07, 6.45) is 6.46. The first-order valence-electron chi connectivity index (χ1n) is 9.63. The lowest BCUT2D eigenvalue weighted by Gasteiger charge is -2.42. The minimum absolute atomic E-state index is 0.0202. The Bertz CT molecular complexity index is 1240. The number of carbonyl (C=O) groups is 1. The van der Waals surface area contributed by atoms with E-state index in [1.807, 2.05) is 0 Å². The second kappa shape index (κ2) is 6.60. The van der Waals surface area contributed by atoms with Gasteiger partial charge in [-0.2, -0.15) is 4.39 Å². The Balaban J connectivity index is 1.58. The van der Waals surface area contributed by atoms with Gasteiger partial charge in [0.05, 0.1) is 18.1 Å². The van der Waals surface area contributed by atoms with Gasteiger partial charge in [-0.15, -0.1) is 0 Å². The zero-order chi connectivity index (χ0) is 21.2. The summed E-state index contributed by atoms with van der Waals surface area (Å²) in [6.45, 7) is 1.28. The molecule has 10 heteroatoms. The Morgan fingerprint density at radius 2 is 2.07 bits per heavy atom. The highest BCUT2D eigenvalue weighted by Gasteiger charge is 2.41.